The quantitative estimate of drug-likeness (QED) is 0.362. The highest BCUT2D eigenvalue weighted by molar-refractivity contribution is 5.78. The van der Waals surface area contributed by atoms with Crippen LogP contribution in [0.1, 0.15) is 11.1 Å². The van der Waals surface area contributed by atoms with E-state index in [1.807, 2.05) is 17.0 Å². The molecule has 0 aliphatic carbocycles. The summed E-state index contributed by atoms with van der Waals surface area (Å²) in [6.07, 6.45) is -2.75. The average molecular weight is 533 g/mol. The summed E-state index contributed by atoms with van der Waals surface area (Å²) in [7, 11) is 0. The number of hydrogen-bond acceptors (Lipinski definition) is 8. The van der Waals surface area contributed by atoms with Gasteiger partial charge in [0, 0.05) is 18.1 Å². The Morgan fingerprint density at radius 2 is 1.89 bits per heavy atom. The largest absolute Gasteiger partial charge is 0.573 e. The van der Waals surface area contributed by atoms with Crippen LogP contribution < -0.4 is 19.5 Å². The number of benzene rings is 2. The van der Waals surface area contributed by atoms with Gasteiger partial charge in [0.1, 0.15) is 30.1 Å². The number of amides is 1. The molecule has 1 N–H and O–H groups in total. The van der Waals surface area contributed by atoms with Crippen molar-refractivity contribution in [3.05, 3.63) is 69.9 Å². The lowest BCUT2D eigenvalue weighted by Gasteiger charge is -2.29. The van der Waals surface area contributed by atoms with Crippen molar-refractivity contribution in [2.75, 3.05) is 19.7 Å². The molecule has 14 heteroatoms. The monoisotopic (exact) mass is 533 g/mol. The Morgan fingerprint density at radius 1 is 1.16 bits per heavy atom. The van der Waals surface area contributed by atoms with E-state index in [1.54, 1.807) is 6.07 Å². The van der Waals surface area contributed by atoms with E-state index in [2.05, 4.69) is 15.0 Å². The summed E-state index contributed by atoms with van der Waals surface area (Å²) in [6.45, 7) is 1.82. The Balaban J connectivity index is 1.15. The number of alkyl halides is 3. The standard InChI is InChI=1S/C24H22F3N5O6/c25-24(26,27)38-19-5-3-18(4-6-19)37-20-2-1-15-7-8-30(10-16(15)9-20)13-22(33)28-17-11-31-12-21(32(34)35)29-23(31)36-14-17/h1-6,9,12,17H,7-8,10-11,13-14H2,(H,28,33)/t17-/m0/s1. The fourth-order valence-electron chi connectivity index (χ4n) is 4.38. The number of imidazole rings is 1. The van der Waals surface area contributed by atoms with Crippen LogP contribution in [0.25, 0.3) is 0 Å². The van der Waals surface area contributed by atoms with Crippen molar-refractivity contribution < 1.29 is 37.1 Å². The van der Waals surface area contributed by atoms with E-state index in [1.165, 1.54) is 35.0 Å². The summed E-state index contributed by atoms with van der Waals surface area (Å²) < 4.78 is 53.6. The van der Waals surface area contributed by atoms with Gasteiger partial charge >= 0.3 is 18.2 Å². The number of ether oxygens (including phenoxy) is 3. The van der Waals surface area contributed by atoms with Crippen molar-refractivity contribution >= 4 is 11.7 Å². The van der Waals surface area contributed by atoms with Crippen LogP contribution in [0.2, 0.25) is 0 Å². The Bertz CT molecular complexity index is 1340. The molecule has 5 rings (SSSR count). The Kier molecular flexibility index (Phi) is 6.80. The topological polar surface area (TPSA) is 121 Å². The van der Waals surface area contributed by atoms with Crippen LogP contribution in [0.15, 0.2) is 48.7 Å². The Labute approximate surface area is 213 Å². The highest BCUT2D eigenvalue weighted by Gasteiger charge is 2.31. The van der Waals surface area contributed by atoms with E-state index in [9.17, 15) is 28.1 Å². The first-order chi connectivity index (χ1) is 18.1. The molecule has 2 aliphatic rings. The number of aromatic nitrogens is 2. The first kappa shape index (κ1) is 25.3. The van der Waals surface area contributed by atoms with Crippen molar-refractivity contribution in [2.24, 2.45) is 0 Å². The van der Waals surface area contributed by atoms with E-state index >= 15 is 0 Å². The van der Waals surface area contributed by atoms with Crippen molar-refractivity contribution in [3.8, 4) is 23.3 Å². The van der Waals surface area contributed by atoms with E-state index in [-0.39, 0.29) is 42.7 Å². The molecule has 2 aromatic carbocycles. The van der Waals surface area contributed by atoms with Gasteiger partial charge in [0.05, 0.1) is 19.1 Å². The predicted molar refractivity (Wildman–Crippen MR) is 125 cm³/mol. The molecule has 1 atom stereocenters. The molecule has 0 fully saturated rings. The summed E-state index contributed by atoms with van der Waals surface area (Å²) >= 11 is 0. The molecule has 11 nitrogen and oxygen atoms in total. The minimum atomic E-state index is -4.76. The molecule has 3 aromatic rings. The number of halogens is 3. The van der Waals surface area contributed by atoms with Gasteiger partial charge in [-0.2, -0.15) is 0 Å². The molecule has 1 amide bonds. The summed E-state index contributed by atoms with van der Waals surface area (Å²) in [5, 5.41) is 13.8. The van der Waals surface area contributed by atoms with Crippen molar-refractivity contribution in [1.82, 2.24) is 19.8 Å². The van der Waals surface area contributed by atoms with Crippen LogP contribution in [0, 0.1) is 10.1 Å². The zero-order valence-electron chi connectivity index (χ0n) is 19.8. The van der Waals surface area contributed by atoms with Gasteiger partial charge in [-0.3, -0.25) is 14.3 Å². The maximum Gasteiger partial charge on any atom is 0.573 e. The van der Waals surface area contributed by atoms with Crippen LogP contribution in [0.3, 0.4) is 0 Å². The van der Waals surface area contributed by atoms with Gasteiger partial charge in [-0.15, -0.1) is 13.2 Å². The lowest BCUT2D eigenvalue weighted by molar-refractivity contribution is -0.389. The number of hydrogen-bond donors (Lipinski definition) is 1. The predicted octanol–water partition coefficient (Wildman–Crippen LogP) is 3.42. The number of nitro groups is 1. The summed E-state index contributed by atoms with van der Waals surface area (Å²) in [4.78, 5) is 28.8. The van der Waals surface area contributed by atoms with Gasteiger partial charge < -0.3 is 29.6 Å². The third-order valence-corrected chi connectivity index (χ3v) is 6.04. The minimum Gasteiger partial charge on any atom is -0.457 e. The van der Waals surface area contributed by atoms with Gasteiger partial charge in [0.15, 0.2) is 0 Å². The first-order valence-corrected chi connectivity index (χ1v) is 11.6. The minimum absolute atomic E-state index is 0.151. The summed E-state index contributed by atoms with van der Waals surface area (Å²) in [5.41, 5.74) is 2.10. The Hall–Kier alpha value is -4.33. The molecule has 38 heavy (non-hydrogen) atoms. The second-order valence-corrected chi connectivity index (χ2v) is 8.88. The molecule has 0 bridgehead atoms. The molecule has 200 valence electrons. The molecule has 2 aliphatic heterocycles. The maximum absolute atomic E-state index is 12.7. The van der Waals surface area contributed by atoms with Gasteiger partial charge in [-0.1, -0.05) is 6.07 Å². The summed E-state index contributed by atoms with van der Waals surface area (Å²) in [6, 6.07) is 10.5. The number of carbonyl (C=O) groups is 1. The van der Waals surface area contributed by atoms with Crippen molar-refractivity contribution in [2.45, 2.75) is 31.9 Å². The smallest absolute Gasteiger partial charge is 0.457 e. The number of nitrogens with one attached hydrogen (secondary N) is 1. The highest BCUT2D eigenvalue weighted by atomic mass is 19.4. The zero-order chi connectivity index (χ0) is 26.9. The molecule has 0 saturated heterocycles. The van der Waals surface area contributed by atoms with Crippen molar-refractivity contribution in [1.29, 1.82) is 0 Å². The fraction of sp³-hybridized carbons (Fsp3) is 0.333. The lowest BCUT2D eigenvalue weighted by Crippen LogP contribution is -2.48. The second-order valence-electron chi connectivity index (χ2n) is 8.88. The number of fused-ring (bicyclic) bond motifs is 2. The lowest BCUT2D eigenvalue weighted by atomic mass is 9.99. The first-order valence-electron chi connectivity index (χ1n) is 11.6. The van der Waals surface area contributed by atoms with Gasteiger partial charge in [0.2, 0.25) is 5.91 Å². The van der Waals surface area contributed by atoms with Crippen LogP contribution >= 0.6 is 0 Å². The van der Waals surface area contributed by atoms with Crippen LogP contribution in [0.4, 0.5) is 19.0 Å². The van der Waals surface area contributed by atoms with Gasteiger partial charge in [-0.05, 0) is 58.9 Å². The van der Waals surface area contributed by atoms with Gasteiger partial charge in [-0.25, -0.2) is 0 Å². The van der Waals surface area contributed by atoms with E-state index in [0.717, 1.165) is 17.5 Å². The third kappa shape index (κ3) is 6.14. The SMILES string of the molecule is O=C(CN1CCc2ccc(Oc3ccc(OC(F)(F)F)cc3)cc2C1)N[C@@H]1COc2nc([N+](=O)[O-])cn2C1. The molecule has 0 spiro atoms. The molecular weight excluding hydrogens is 511 g/mol. The van der Waals surface area contributed by atoms with Gasteiger partial charge in [0.25, 0.3) is 0 Å². The fourth-order valence-corrected chi connectivity index (χ4v) is 4.38. The Morgan fingerprint density at radius 3 is 2.63 bits per heavy atom. The molecule has 0 radical (unpaired) electrons. The average Bonchev–Trinajstić information content (AvgIpc) is 3.28. The maximum atomic E-state index is 12.7. The van der Waals surface area contributed by atoms with Crippen molar-refractivity contribution in [3.63, 3.8) is 0 Å². The number of nitrogens with zero attached hydrogens (tertiary/aromatic N) is 4. The number of rotatable bonds is 7. The molecule has 0 saturated carbocycles. The highest BCUT2D eigenvalue weighted by Crippen LogP contribution is 2.30. The molecular formula is C24H22F3N5O6. The summed E-state index contributed by atoms with van der Waals surface area (Å²) in [5.74, 6) is 0.0241. The zero-order valence-corrected chi connectivity index (χ0v) is 19.8. The molecule has 1 aromatic heterocycles. The second kappa shape index (κ2) is 10.2. The van der Waals surface area contributed by atoms with Crippen LogP contribution in [-0.2, 0) is 24.3 Å². The van der Waals surface area contributed by atoms with E-state index < -0.39 is 11.3 Å². The van der Waals surface area contributed by atoms with E-state index in [4.69, 9.17) is 9.47 Å². The molecule has 3 heterocycles. The third-order valence-electron chi connectivity index (χ3n) is 6.04. The van der Waals surface area contributed by atoms with E-state index in [0.29, 0.717) is 31.1 Å². The van der Waals surface area contributed by atoms with Crippen LogP contribution in [0.5, 0.6) is 23.3 Å². The van der Waals surface area contributed by atoms with Crippen LogP contribution in [-0.4, -0.2) is 57.4 Å². The number of carbonyl (C=O) groups excluding carboxylic acids is 1. The normalized spacial score (nSPS) is 17.1. The molecule has 0 unspecified atom stereocenters.